The molecule has 0 radical (unpaired) electrons. The Morgan fingerprint density at radius 1 is 0.926 bits per heavy atom. The summed E-state index contributed by atoms with van der Waals surface area (Å²) in [6.45, 7) is 0. The van der Waals surface area contributed by atoms with Crippen molar-refractivity contribution in [2.45, 2.75) is 32.1 Å². The quantitative estimate of drug-likeness (QED) is 0.249. The summed E-state index contributed by atoms with van der Waals surface area (Å²) in [6, 6.07) is 16.0. The number of nitrogens with zero attached hydrogens (tertiary/aromatic N) is 1. The predicted octanol–water partition coefficient (Wildman–Crippen LogP) is 5.82. The molecule has 4 nitrogen and oxygen atoms in total. The van der Waals surface area contributed by atoms with Crippen LogP contribution in [0.3, 0.4) is 0 Å². The van der Waals surface area contributed by atoms with Crippen molar-refractivity contribution in [3.05, 3.63) is 86.3 Å². The molecular formula is C22H19NO3S. The summed E-state index contributed by atoms with van der Waals surface area (Å²) in [6.07, 6.45) is 5.39. The Balaban J connectivity index is 1.83. The van der Waals surface area contributed by atoms with Crippen LogP contribution in [0.4, 0.5) is 5.69 Å². The normalized spacial score (nSPS) is 13.6. The van der Waals surface area contributed by atoms with Gasteiger partial charge in [0.1, 0.15) is 0 Å². The van der Waals surface area contributed by atoms with Crippen LogP contribution in [-0.4, -0.2) is 10.7 Å². The molecule has 0 amide bonds. The maximum absolute atomic E-state index is 13.4. The number of thiophene rings is 1. The summed E-state index contributed by atoms with van der Waals surface area (Å²) in [7, 11) is 0. The number of benzene rings is 2. The number of non-ortho nitro benzene ring substituents is 1. The summed E-state index contributed by atoms with van der Waals surface area (Å²) in [4.78, 5) is 26.2. The van der Waals surface area contributed by atoms with E-state index in [4.69, 9.17) is 0 Å². The summed E-state index contributed by atoms with van der Waals surface area (Å²) in [5.41, 5.74) is 3.53. The van der Waals surface area contributed by atoms with Crippen LogP contribution in [0.1, 0.15) is 45.6 Å². The second kappa shape index (κ2) is 7.45. The van der Waals surface area contributed by atoms with Crippen molar-refractivity contribution >= 4 is 22.8 Å². The Morgan fingerprint density at radius 3 is 2.33 bits per heavy atom. The highest BCUT2D eigenvalue weighted by Crippen LogP contribution is 2.41. The van der Waals surface area contributed by atoms with E-state index >= 15 is 0 Å². The highest BCUT2D eigenvalue weighted by molar-refractivity contribution is 7.16. The number of nitro benzene ring substituents is 1. The Hall–Kier alpha value is -2.79. The highest BCUT2D eigenvalue weighted by atomic mass is 32.1. The molecule has 136 valence electrons. The zero-order valence-electron chi connectivity index (χ0n) is 14.8. The van der Waals surface area contributed by atoms with Crippen molar-refractivity contribution in [1.29, 1.82) is 0 Å². The first-order valence-corrected chi connectivity index (χ1v) is 9.96. The Kier molecular flexibility index (Phi) is 4.86. The van der Waals surface area contributed by atoms with Gasteiger partial charge in [0.15, 0.2) is 5.78 Å². The first-order chi connectivity index (χ1) is 13.1. The lowest BCUT2D eigenvalue weighted by Crippen LogP contribution is -2.06. The van der Waals surface area contributed by atoms with E-state index in [1.807, 2.05) is 30.3 Å². The molecule has 0 bridgehead atoms. The van der Waals surface area contributed by atoms with Gasteiger partial charge in [0.05, 0.1) is 4.92 Å². The number of aryl methyl sites for hydroxylation is 1. The fourth-order valence-corrected chi connectivity index (χ4v) is 5.05. The standard InChI is InChI=1S/C22H19NO3S/c24-21(15-11-13-17(14-12-15)23(25)26)20-18-9-5-2-6-10-19(18)27-22(20)16-7-3-1-4-8-16/h1,3-4,7-8,11-14H,2,5-6,9-10H2. The van der Waals surface area contributed by atoms with Crippen LogP contribution < -0.4 is 0 Å². The smallest absolute Gasteiger partial charge is 0.269 e. The first-order valence-electron chi connectivity index (χ1n) is 9.14. The summed E-state index contributed by atoms with van der Waals surface area (Å²) in [5, 5.41) is 10.9. The van der Waals surface area contributed by atoms with Gasteiger partial charge in [0, 0.05) is 33.0 Å². The van der Waals surface area contributed by atoms with Gasteiger partial charge in [-0.1, -0.05) is 36.8 Å². The fourth-order valence-electron chi connectivity index (χ4n) is 3.65. The van der Waals surface area contributed by atoms with Crippen molar-refractivity contribution in [3.63, 3.8) is 0 Å². The molecule has 3 aromatic rings. The topological polar surface area (TPSA) is 60.2 Å². The Labute approximate surface area is 161 Å². The van der Waals surface area contributed by atoms with Crippen molar-refractivity contribution in [1.82, 2.24) is 0 Å². The van der Waals surface area contributed by atoms with Crippen LogP contribution in [-0.2, 0) is 12.8 Å². The number of carbonyl (C=O) groups excluding carboxylic acids is 1. The van der Waals surface area contributed by atoms with Crippen molar-refractivity contribution < 1.29 is 9.72 Å². The number of rotatable bonds is 4. The van der Waals surface area contributed by atoms with Crippen LogP contribution >= 0.6 is 11.3 Å². The monoisotopic (exact) mass is 377 g/mol. The minimum absolute atomic E-state index is 0.000944. The molecule has 1 aromatic heterocycles. The largest absolute Gasteiger partial charge is 0.289 e. The molecule has 0 atom stereocenters. The number of fused-ring (bicyclic) bond motifs is 1. The van der Waals surface area contributed by atoms with E-state index in [2.05, 4.69) is 0 Å². The number of ketones is 1. The maximum atomic E-state index is 13.4. The van der Waals surface area contributed by atoms with E-state index in [1.54, 1.807) is 23.5 Å². The molecule has 2 aromatic carbocycles. The lowest BCUT2D eigenvalue weighted by molar-refractivity contribution is -0.384. The molecule has 4 rings (SSSR count). The first kappa shape index (κ1) is 17.6. The van der Waals surface area contributed by atoms with E-state index in [0.29, 0.717) is 5.56 Å². The van der Waals surface area contributed by atoms with E-state index in [9.17, 15) is 14.9 Å². The van der Waals surface area contributed by atoms with Crippen LogP contribution in [0.5, 0.6) is 0 Å². The molecule has 0 fully saturated rings. The second-order valence-corrected chi connectivity index (χ2v) is 7.87. The lowest BCUT2D eigenvalue weighted by atomic mass is 9.94. The van der Waals surface area contributed by atoms with Gasteiger partial charge in [-0.25, -0.2) is 0 Å². The number of hydrogen-bond acceptors (Lipinski definition) is 4. The number of nitro groups is 1. The molecule has 0 saturated heterocycles. The Morgan fingerprint density at radius 2 is 1.63 bits per heavy atom. The molecule has 0 aliphatic heterocycles. The highest BCUT2D eigenvalue weighted by Gasteiger charge is 2.26. The zero-order chi connectivity index (χ0) is 18.8. The fraction of sp³-hybridized carbons (Fsp3) is 0.227. The second-order valence-electron chi connectivity index (χ2n) is 6.77. The van der Waals surface area contributed by atoms with Gasteiger partial charge < -0.3 is 0 Å². The number of hydrogen-bond donors (Lipinski definition) is 0. The van der Waals surface area contributed by atoms with Crippen molar-refractivity contribution in [3.8, 4) is 10.4 Å². The molecule has 1 heterocycles. The average molecular weight is 377 g/mol. The molecule has 27 heavy (non-hydrogen) atoms. The lowest BCUT2D eigenvalue weighted by Gasteiger charge is -2.08. The minimum Gasteiger partial charge on any atom is -0.289 e. The van der Waals surface area contributed by atoms with Gasteiger partial charge in [-0.3, -0.25) is 14.9 Å². The molecular weight excluding hydrogens is 358 g/mol. The van der Waals surface area contributed by atoms with Crippen molar-refractivity contribution in [2.75, 3.05) is 0 Å². The average Bonchev–Trinajstić information content (AvgIpc) is 2.90. The zero-order valence-corrected chi connectivity index (χ0v) is 15.6. The summed E-state index contributed by atoms with van der Waals surface area (Å²) >= 11 is 1.73. The van der Waals surface area contributed by atoms with Crippen molar-refractivity contribution in [2.24, 2.45) is 0 Å². The molecule has 0 unspecified atom stereocenters. The minimum atomic E-state index is -0.444. The van der Waals surface area contributed by atoms with Gasteiger partial charge in [-0.2, -0.15) is 0 Å². The van der Waals surface area contributed by atoms with Gasteiger partial charge >= 0.3 is 0 Å². The van der Waals surface area contributed by atoms with E-state index < -0.39 is 4.92 Å². The molecule has 0 saturated carbocycles. The molecule has 1 aliphatic carbocycles. The SMILES string of the molecule is O=C(c1ccc([N+](=O)[O-])cc1)c1c(-c2ccccc2)sc2c1CCCCC2. The van der Waals surface area contributed by atoms with Crippen LogP contribution in [0.2, 0.25) is 0 Å². The van der Waals surface area contributed by atoms with E-state index in [0.717, 1.165) is 41.7 Å². The maximum Gasteiger partial charge on any atom is 0.269 e. The van der Waals surface area contributed by atoms with E-state index in [-0.39, 0.29) is 11.5 Å². The summed E-state index contributed by atoms with van der Waals surface area (Å²) < 4.78 is 0. The van der Waals surface area contributed by atoms with Gasteiger partial charge in [-0.05, 0) is 48.9 Å². The molecule has 0 spiro atoms. The van der Waals surface area contributed by atoms with Gasteiger partial charge in [-0.15, -0.1) is 11.3 Å². The Bertz CT molecular complexity index is 990. The molecule has 1 aliphatic rings. The van der Waals surface area contributed by atoms with Gasteiger partial charge in [0.25, 0.3) is 5.69 Å². The van der Waals surface area contributed by atoms with Crippen LogP contribution in [0, 0.1) is 10.1 Å². The van der Waals surface area contributed by atoms with Crippen LogP contribution in [0.15, 0.2) is 54.6 Å². The van der Waals surface area contributed by atoms with E-state index in [1.165, 1.54) is 29.0 Å². The summed E-state index contributed by atoms with van der Waals surface area (Å²) in [5.74, 6) is -0.0387. The van der Waals surface area contributed by atoms with Gasteiger partial charge in [0.2, 0.25) is 0 Å². The third-order valence-corrected chi connectivity index (χ3v) is 6.37. The molecule has 5 heteroatoms. The number of carbonyl (C=O) groups is 1. The third kappa shape index (κ3) is 3.43. The molecule has 0 N–H and O–H groups in total. The third-order valence-electron chi connectivity index (χ3n) is 5.02. The predicted molar refractivity (Wildman–Crippen MR) is 108 cm³/mol. The van der Waals surface area contributed by atoms with Crippen LogP contribution in [0.25, 0.3) is 10.4 Å².